The summed E-state index contributed by atoms with van der Waals surface area (Å²) in [6.07, 6.45) is 22.7. The van der Waals surface area contributed by atoms with E-state index in [9.17, 15) is 24.6 Å². The number of terminal acetylenes is 1. The number of carboxylic acids is 2. The van der Waals surface area contributed by atoms with Crippen LogP contribution >= 0.6 is 0 Å². The van der Waals surface area contributed by atoms with Crippen LogP contribution in [0.4, 0.5) is 0 Å². The van der Waals surface area contributed by atoms with E-state index in [0.717, 1.165) is 64.2 Å². The Hall–Kier alpha value is -2.47. The topological polar surface area (TPSA) is 166 Å². The van der Waals surface area contributed by atoms with E-state index in [1.165, 1.54) is 19.3 Å². The SMILES string of the molecule is C#COC1CCC(C(=O)OC2CCC(OCC(C)(C)COC3CCC(OOCC4CCC(OCCOC5CCCCC5)CC4C(=O)O)CC3)CC2)C(C(=O)O)C1. The molecule has 0 aromatic rings. The van der Waals surface area contributed by atoms with E-state index in [4.69, 9.17) is 44.6 Å². The van der Waals surface area contributed by atoms with Crippen molar-refractivity contribution in [2.45, 2.75) is 179 Å². The molecule has 0 spiro atoms. The molecule has 0 amide bonds. The first-order valence-electron chi connectivity index (χ1n) is 21.5. The van der Waals surface area contributed by atoms with Gasteiger partial charge < -0.3 is 38.6 Å². The highest BCUT2D eigenvalue weighted by Gasteiger charge is 2.42. The van der Waals surface area contributed by atoms with Crippen LogP contribution in [0, 0.1) is 41.6 Å². The summed E-state index contributed by atoms with van der Waals surface area (Å²) < 4.78 is 35.6. The Morgan fingerprint density at radius 2 is 1.11 bits per heavy atom. The molecule has 0 radical (unpaired) electrons. The van der Waals surface area contributed by atoms with Gasteiger partial charge in [-0.3, -0.25) is 14.4 Å². The van der Waals surface area contributed by atoms with E-state index in [0.29, 0.717) is 64.6 Å². The van der Waals surface area contributed by atoms with Gasteiger partial charge in [-0.1, -0.05) is 39.5 Å². The number of hydrogen-bond acceptors (Lipinski definition) is 11. The van der Waals surface area contributed by atoms with Crippen LogP contribution in [0.5, 0.6) is 0 Å². The number of carbonyl (C=O) groups excluding carboxylic acids is 1. The fraction of sp³-hybridized carbons (Fsp3) is 0.884. The largest absolute Gasteiger partial charge is 0.481 e. The molecule has 318 valence electrons. The van der Waals surface area contributed by atoms with Gasteiger partial charge in [0.05, 0.1) is 81.3 Å². The van der Waals surface area contributed by atoms with Crippen molar-refractivity contribution in [1.29, 1.82) is 0 Å². The minimum absolute atomic E-state index is 0.0326. The van der Waals surface area contributed by atoms with E-state index >= 15 is 0 Å². The second-order valence-corrected chi connectivity index (χ2v) is 17.8. The summed E-state index contributed by atoms with van der Waals surface area (Å²) in [5, 5.41) is 19.6. The third-order valence-corrected chi connectivity index (χ3v) is 12.7. The number of esters is 1. The summed E-state index contributed by atoms with van der Waals surface area (Å²) in [5.41, 5.74) is -0.180. The van der Waals surface area contributed by atoms with Gasteiger partial charge in [-0.2, -0.15) is 0 Å². The zero-order valence-corrected chi connectivity index (χ0v) is 33.8. The number of carbonyl (C=O) groups is 3. The molecule has 0 aromatic heterocycles. The van der Waals surface area contributed by atoms with Gasteiger partial charge in [-0.15, -0.1) is 0 Å². The average Bonchev–Trinajstić information content (AvgIpc) is 3.19. The van der Waals surface area contributed by atoms with Crippen LogP contribution in [-0.4, -0.2) is 104 Å². The fourth-order valence-electron chi connectivity index (χ4n) is 9.21. The Kier molecular flexibility index (Phi) is 18.0. The number of aliphatic carboxylic acids is 2. The van der Waals surface area contributed by atoms with Gasteiger partial charge in [0.2, 0.25) is 0 Å². The average molecular weight is 793 g/mol. The Balaban J connectivity index is 0.898. The minimum Gasteiger partial charge on any atom is -0.481 e. The standard InChI is InChI=1S/C43H68O13/c1-4-49-35-20-21-37(39(25-35)41(46)47)42(48)55-33-16-12-31(13-17-33)52-27-43(2,3)28-53-32-14-18-34(19-15-32)56-54-26-29-10-11-36(24-38(29)40(44)45)51-23-22-50-30-8-6-5-7-9-30/h1,29-39H,5-28H2,2-3H3,(H,44,45)(H,46,47). The molecule has 5 fully saturated rings. The molecule has 0 bridgehead atoms. The summed E-state index contributed by atoms with van der Waals surface area (Å²) >= 11 is 0. The van der Waals surface area contributed by atoms with E-state index in [1.807, 2.05) is 0 Å². The molecule has 0 aliphatic heterocycles. The Labute approximate surface area is 333 Å². The monoisotopic (exact) mass is 792 g/mol. The van der Waals surface area contributed by atoms with Crippen LogP contribution in [-0.2, 0) is 52.6 Å². The first kappa shape index (κ1) is 44.6. The van der Waals surface area contributed by atoms with Crippen LogP contribution in [0.15, 0.2) is 0 Å². The Morgan fingerprint density at radius 3 is 1.71 bits per heavy atom. The Bertz CT molecular complexity index is 1240. The second-order valence-electron chi connectivity index (χ2n) is 17.8. The molecule has 0 heterocycles. The highest BCUT2D eigenvalue weighted by Crippen LogP contribution is 2.36. The molecule has 5 aliphatic carbocycles. The summed E-state index contributed by atoms with van der Waals surface area (Å²) in [6, 6.07) is 0. The van der Waals surface area contributed by atoms with Gasteiger partial charge >= 0.3 is 17.9 Å². The number of hydrogen-bond donors (Lipinski definition) is 2. The van der Waals surface area contributed by atoms with Crippen LogP contribution in [0.25, 0.3) is 0 Å². The third-order valence-electron chi connectivity index (χ3n) is 12.7. The molecule has 56 heavy (non-hydrogen) atoms. The lowest BCUT2D eigenvalue weighted by molar-refractivity contribution is -0.338. The molecule has 6 unspecified atom stereocenters. The minimum atomic E-state index is -1.03. The van der Waals surface area contributed by atoms with Crippen molar-refractivity contribution in [3.63, 3.8) is 0 Å². The molecule has 6 atom stereocenters. The fourth-order valence-corrected chi connectivity index (χ4v) is 9.21. The maximum Gasteiger partial charge on any atom is 0.310 e. The van der Waals surface area contributed by atoms with Crippen LogP contribution in [0.3, 0.4) is 0 Å². The van der Waals surface area contributed by atoms with Crippen LogP contribution < -0.4 is 0 Å². The zero-order chi connectivity index (χ0) is 39.9. The molecule has 13 heteroatoms. The lowest BCUT2D eigenvalue weighted by Gasteiger charge is -2.35. The predicted octanol–water partition coefficient (Wildman–Crippen LogP) is 6.87. The number of carboxylic acid groups (broad SMARTS) is 2. The van der Waals surface area contributed by atoms with Gasteiger partial charge in [0, 0.05) is 5.41 Å². The third kappa shape index (κ3) is 14.4. The molecule has 5 aliphatic rings. The van der Waals surface area contributed by atoms with Crippen LogP contribution in [0.2, 0.25) is 0 Å². The Morgan fingerprint density at radius 1 is 0.589 bits per heavy atom. The van der Waals surface area contributed by atoms with Crippen molar-refractivity contribution < 1.29 is 62.8 Å². The van der Waals surface area contributed by atoms with Crippen LogP contribution in [0.1, 0.15) is 136 Å². The normalized spacial score (nSPS) is 33.2. The van der Waals surface area contributed by atoms with Gasteiger partial charge in [0.1, 0.15) is 18.3 Å². The second kappa shape index (κ2) is 22.6. The first-order valence-corrected chi connectivity index (χ1v) is 21.5. The molecule has 5 rings (SSSR count). The highest BCUT2D eigenvalue weighted by molar-refractivity contribution is 5.81. The lowest BCUT2D eigenvalue weighted by Crippen LogP contribution is -2.40. The molecule has 0 aromatic carbocycles. The zero-order valence-electron chi connectivity index (χ0n) is 33.8. The van der Waals surface area contributed by atoms with Gasteiger partial charge in [0.15, 0.2) is 0 Å². The first-order chi connectivity index (χ1) is 27.0. The maximum absolute atomic E-state index is 13.0. The number of rotatable bonds is 20. The molecular weight excluding hydrogens is 724 g/mol. The predicted molar refractivity (Wildman–Crippen MR) is 204 cm³/mol. The van der Waals surface area contributed by atoms with E-state index < -0.39 is 35.7 Å². The molecule has 5 saturated carbocycles. The van der Waals surface area contributed by atoms with Crippen molar-refractivity contribution in [2.24, 2.45) is 29.1 Å². The maximum atomic E-state index is 13.0. The summed E-state index contributed by atoms with van der Waals surface area (Å²) in [5.74, 6) is -4.43. The van der Waals surface area contributed by atoms with Crippen molar-refractivity contribution in [2.75, 3.05) is 33.0 Å². The summed E-state index contributed by atoms with van der Waals surface area (Å²) in [6.45, 7) is 6.75. The molecular formula is C43H68O13. The molecule has 13 nitrogen and oxygen atoms in total. The summed E-state index contributed by atoms with van der Waals surface area (Å²) in [7, 11) is 0. The lowest BCUT2D eigenvalue weighted by atomic mass is 9.77. The molecule has 0 saturated heterocycles. The summed E-state index contributed by atoms with van der Waals surface area (Å²) in [4.78, 5) is 48.4. The molecule has 2 N–H and O–H groups in total. The smallest absolute Gasteiger partial charge is 0.310 e. The van der Waals surface area contributed by atoms with Crippen molar-refractivity contribution in [3.05, 3.63) is 0 Å². The van der Waals surface area contributed by atoms with Crippen molar-refractivity contribution in [3.8, 4) is 12.5 Å². The van der Waals surface area contributed by atoms with E-state index in [1.54, 1.807) is 0 Å². The highest BCUT2D eigenvalue weighted by atomic mass is 17.2. The quantitative estimate of drug-likeness (QED) is 0.0432. The number of ether oxygens (including phenoxy) is 6. The van der Waals surface area contributed by atoms with Crippen molar-refractivity contribution >= 4 is 17.9 Å². The van der Waals surface area contributed by atoms with E-state index in [2.05, 4.69) is 20.0 Å². The van der Waals surface area contributed by atoms with Gasteiger partial charge in [-0.25, -0.2) is 9.78 Å². The van der Waals surface area contributed by atoms with E-state index in [-0.39, 0.29) is 61.0 Å². The van der Waals surface area contributed by atoms with Crippen molar-refractivity contribution in [1.82, 2.24) is 0 Å². The van der Waals surface area contributed by atoms with Gasteiger partial charge in [0.25, 0.3) is 0 Å². The van der Waals surface area contributed by atoms with Gasteiger partial charge in [-0.05, 0) is 109 Å².